The lowest BCUT2D eigenvalue weighted by Crippen LogP contribution is -2.41. The standard InChI is InChI=1S/C20H32N2O4/c1-13(26-20(5,6)7)16(22-18(24)25-12-19(2,3)4)11-14-8-9-17(23)15(21)10-14/h8-10,16,23H,1,11-12,21H2,2-7H3,(H,22,24)/t16-/m0/s1. The van der Waals surface area contributed by atoms with Crippen LogP contribution in [0.4, 0.5) is 10.5 Å². The highest BCUT2D eigenvalue weighted by molar-refractivity contribution is 5.68. The van der Waals surface area contributed by atoms with Crippen molar-refractivity contribution >= 4 is 11.8 Å². The predicted molar refractivity (Wildman–Crippen MR) is 104 cm³/mol. The highest BCUT2D eigenvalue weighted by Gasteiger charge is 2.24. The number of alkyl carbamates (subject to hydrolysis) is 1. The maximum absolute atomic E-state index is 12.2. The van der Waals surface area contributed by atoms with Gasteiger partial charge in [-0.05, 0) is 43.9 Å². The minimum Gasteiger partial charge on any atom is -0.506 e. The van der Waals surface area contributed by atoms with Crippen LogP contribution in [0.5, 0.6) is 5.75 Å². The number of nitrogens with one attached hydrogen (secondary N) is 1. The Hall–Kier alpha value is -2.37. The number of rotatable bonds is 6. The fourth-order valence-electron chi connectivity index (χ4n) is 2.14. The fraction of sp³-hybridized carbons (Fsp3) is 0.550. The van der Waals surface area contributed by atoms with E-state index < -0.39 is 17.7 Å². The molecule has 26 heavy (non-hydrogen) atoms. The van der Waals surface area contributed by atoms with Crippen LogP contribution in [0.25, 0.3) is 0 Å². The summed E-state index contributed by atoms with van der Waals surface area (Å²) in [6.07, 6.45) is -0.125. The third-order valence-corrected chi connectivity index (χ3v) is 3.29. The van der Waals surface area contributed by atoms with Gasteiger partial charge in [-0.1, -0.05) is 33.4 Å². The molecule has 146 valence electrons. The van der Waals surface area contributed by atoms with E-state index >= 15 is 0 Å². The molecule has 0 aliphatic heterocycles. The second-order valence-corrected chi connectivity index (χ2v) is 8.61. The molecule has 0 radical (unpaired) electrons. The SMILES string of the molecule is C=C(OC(C)(C)C)[C@H](Cc1ccc(O)c(N)c1)NC(=O)OCC(C)(C)C. The van der Waals surface area contributed by atoms with Crippen molar-refractivity contribution in [3.05, 3.63) is 36.1 Å². The van der Waals surface area contributed by atoms with E-state index in [1.165, 1.54) is 6.07 Å². The van der Waals surface area contributed by atoms with Gasteiger partial charge in [0.1, 0.15) is 17.1 Å². The Kier molecular flexibility index (Phi) is 6.95. The largest absolute Gasteiger partial charge is 0.506 e. The zero-order valence-electron chi connectivity index (χ0n) is 16.7. The lowest BCUT2D eigenvalue weighted by Gasteiger charge is -2.29. The Labute approximate surface area is 156 Å². The lowest BCUT2D eigenvalue weighted by molar-refractivity contribution is 0.0379. The van der Waals surface area contributed by atoms with Crippen LogP contribution >= 0.6 is 0 Å². The molecule has 0 saturated carbocycles. The number of nitrogens with two attached hydrogens (primary N) is 1. The first-order valence-corrected chi connectivity index (χ1v) is 8.65. The number of amides is 1. The molecule has 0 aliphatic carbocycles. The first-order valence-electron chi connectivity index (χ1n) is 8.65. The predicted octanol–water partition coefficient (Wildman–Crippen LogP) is 3.99. The number of aromatic hydroxyl groups is 1. The quantitative estimate of drug-likeness (QED) is 0.403. The van der Waals surface area contributed by atoms with Crippen LogP contribution in [0.15, 0.2) is 30.5 Å². The number of benzene rings is 1. The number of carbonyl (C=O) groups excluding carboxylic acids is 1. The van der Waals surface area contributed by atoms with E-state index in [0.717, 1.165) is 5.56 Å². The summed E-state index contributed by atoms with van der Waals surface area (Å²) in [4.78, 5) is 12.2. The molecular weight excluding hydrogens is 332 g/mol. The zero-order chi connectivity index (χ0) is 20.1. The van der Waals surface area contributed by atoms with Gasteiger partial charge in [-0.25, -0.2) is 4.79 Å². The van der Waals surface area contributed by atoms with Crippen LogP contribution in [-0.4, -0.2) is 29.4 Å². The molecule has 0 unspecified atom stereocenters. The van der Waals surface area contributed by atoms with Gasteiger partial charge in [-0.2, -0.15) is 0 Å². The van der Waals surface area contributed by atoms with Crippen LogP contribution < -0.4 is 11.1 Å². The topological polar surface area (TPSA) is 93.8 Å². The smallest absolute Gasteiger partial charge is 0.407 e. The van der Waals surface area contributed by atoms with Gasteiger partial charge in [-0.15, -0.1) is 0 Å². The van der Waals surface area contributed by atoms with Gasteiger partial charge >= 0.3 is 6.09 Å². The average Bonchev–Trinajstić information content (AvgIpc) is 2.46. The third kappa shape index (κ3) is 8.14. The van der Waals surface area contributed by atoms with Gasteiger partial charge in [0.05, 0.1) is 18.3 Å². The molecule has 1 amide bonds. The molecule has 1 aromatic carbocycles. The van der Waals surface area contributed by atoms with E-state index in [9.17, 15) is 9.90 Å². The van der Waals surface area contributed by atoms with Crippen molar-refractivity contribution in [3.8, 4) is 5.75 Å². The average molecular weight is 364 g/mol. The van der Waals surface area contributed by atoms with E-state index in [-0.39, 0.29) is 16.9 Å². The number of hydrogen-bond donors (Lipinski definition) is 3. The number of anilines is 1. The number of ether oxygens (including phenoxy) is 2. The van der Waals surface area contributed by atoms with Crippen LogP contribution in [0, 0.1) is 5.41 Å². The Morgan fingerprint density at radius 2 is 1.88 bits per heavy atom. The van der Waals surface area contributed by atoms with Gasteiger partial charge in [0, 0.05) is 6.42 Å². The Bertz CT molecular complexity index is 642. The molecule has 6 nitrogen and oxygen atoms in total. The molecule has 0 heterocycles. The van der Waals surface area contributed by atoms with Gasteiger partial charge in [-0.3, -0.25) is 0 Å². The number of hydrogen-bond acceptors (Lipinski definition) is 5. The summed E-state index contributed by atoms with van der Waals surface area (Å²) in [7, 11) is 0. The highest BCUT2D eigenvalue weighted by Crippen LogP contribution is 2.23. The maximum Gasteiger partial charge on any atom is 0.407 e. The van der Waals surface area contributed by atoms with E-state index in [2.05, 4.69) is 11.9 Å². The fourth-order valence-corrected chi connectivity index (χ4v) is 2.14. The minimum absolute atomic E-state index is 0.0209. The number of phenols is 1. The molecule has 0 fully saturated rings. The van der Waals surface area contributed by atoms with Crippen molar-refractivity contribution in [2.45, 2.75) is 59.6 Å². The third-order valence-electron chi connectivity index (χ3n) is 3.29. The van der Waals surface area contributed by atoms with Crippen molar-refractivity contribution in [1.82, 2.24) is 5.32 Å². The zero-order valence-corrected chi connectivity index (χ0v) is 16.7. The van der Waals surface area contributed by atoms with E-state index in [1.54, 1.807) is 12.1 Å². The lowest BCUT2D eigenvalue weighted by atomic mass is 9.99. The number of phenolic OH excluding ortho intramolecular Hbond substituents is 1. The first kappa shape index (κ1) is 21.7. The van der Waals surface area contributed by atoms with Crippen molar-refractivity contribution in [1.29, 1.82) is 0 Å². The van der Waals surface area contributed by atoms with Crippen LogP contribution in [-0.2, 0) is 15.9 Å². The molecule has 0 saturated heterocycles. The molecule has 1 rings (SSSR count). The molecule has 0 spiro atoms. The van der Waals surface area contributed by atoms with Gasteiger partial charge in [0.15, 0.2) is 0 Å². The van der Waals surface area contributed by atoms with Gasteiger partial charge in [0.25, 0.3) is 0 Å². The second-order valence-electron chi connectivity index (χ2n) is 8.61. The molecule has 0 aliphatic rings. The maximum atomic E-state index is 12.2. The van der Waals surface area contributed by atoms with Crippen LogP contribution in [0.3, 0.4) is 0 Å². The summed E-state index contributed by atoms with van der Waals surface area (Å²) in [6.45, 7) is 15.9. The Balaban J connectivity index is 2.89. The first-order chi connectivity index (χ1) is 11.8. The van der Waals surface area contributed by atoms with Crippen molar-refractivity contribution in [2.75, 3.05) is 12.3 Å². The number of carbonyl (C=O) groups is 1. The summed E-state index contributed by atoms with van der Waals surface area (Å²) in [5.41, 5.74) is 6.29. The van der Waals surface area contributed by atoms with Crippen molar-refractivity contribution in [3.63, 3.8) is 0 Å². The summed E-state index contributed by atoms with van der Waals surface area (Å²) < 4.78 is 11.1. The second kappa shape index (κ2) is 8.34. The monoisotopic (exact) mass is 364 g/mol. The molecule has 1 atom stereocenters. The summed E-state index contributed by atoms with van der Waals surface area (Å²) in [5, 5.41) is 12.4. The van der Waals surface area contributed by atoms with Crippen LogP contribution in [0.1, 0.15) is 47.1 Å². The Morgan fingerprint density at radius 1 is 1.27 bits per heavy atom. The summed E-state index contributed by atoms with van der Waals surface area (Å²) >= 11 is 0. The molecule has 0 bridgehead atoms. The van der Waals surface area contributed by atoms with E-state index in [0.29, 0.717) is 18.8 Å². The number of nitrogen functional groups attached to an aromatic ring is 1. The van der Waals surface area contributed by atoms with E-state index in [1.807, 2.05) is 41.5 Å². The highest BCUT2D eigenvalue weighted by atomic mass is 16.6. The summed E-state index contributed by atoms with van der Waals surface area (Å²) in [6, 6.07) is 4.43. The van der Waals surface area contributed by atoms with Gasteiger partial charge in [0.2, 0.25) is 0 Å². The molecule has 6 heteroatoms. The molecule has 4 N–H and O–H groups in total. The Morgan fingerprint density at radius 3 is 2.38 bits per heavy atom. The normalized spacial score (nSPS) is 13.0. The van der Waals surface area contributed by atoms with Gasteiger partial charge < -0.3 is 25.6 Å². The van der Waals surface area contributed by atoms with Crippen molar-refractivity contribution in [2.24, 2.45) is 5.41 Å². The molecule has 1 aromatic rings. The van der Waals surface area contributed by atoms with Crippen LogP contribution in [0.2, 0.25) is 0 Å². The molecular formula is C20H32N2O4. The minimum atomic E-state index is -0.532. The van der Waals surface area contributed by atoms with E-state index in [4.69, 9.17) is 15.2 Å². The summed E-state index contributed by atoms with van der Waals surface area (Å²) in [5.74, 6) is 0.449. The van der Waals surface area contributed by atoms with Crippen molar-refractivity contribution < 1.29 is 19.4 Å². The molecule has 0 aromatic heterocycles.